The minimum atomic E-state index is -0.622. The maximum absolute atomic E-state index is 11.5. The van der Waals surface area contributed by atoms with Crippen molar-refractivity contribution < 1.29 is 9.59 Å². The molecular formula is C9H13N3O2. The zero-order valence-corrected chi connectivity index (χ0v) is 7.75. The molecule has 5 heteroatoms. The number of rotatable bonds is 1. The van der Waals surface area contributed by atoms with Crippen LogP contribution in [0.3, 0.4) is 0 Å². The van der Waals surface area contributed by atoms with E-state index in [1.807, 2.05) is 0 Å². The summed E-state index contributed by atoms with van der Waals surface area (Å²) in [6.45, 7) is 0.733. The number of carbonyl (C=O) groups excluding carboxylic acids is 2. The molecule has 4 rings (SSSR count). The van der Waals surface area contributed by atoms with Gasteiger partial charge in [0.05, 0.1) is 0 Å². The van der Waals surface area contributed by atoms with Gasteiger partial charge in [0.2, 0.25) is 11.8 Å². The molecule has 4 aliphatic rings. The number of nitrogens with two attached hydrogens (primary N) is 1. The summed E-state index contributed by atoms with van der Waals surface area (Å²) in [5.41, 5.74) is 4.77. The second-order valence-corrected chi connectivity index (χ2v) is 4.62. The fourth-order valence-corrected chi connectivity index (χ4v) is 3.18. The van der Waals surface area contributed by atoms with E-state index < -0.39 is 5.54 Å². The van der Waals surface area contributed by atoms with Crippen molar-refractivity contribution in [3.05, 3.63) is 0 Å². The minimum Gasteiger partial charge on any atom is -0.368 e. The zero-order chi connectivity index (χ0) is 9.92. The van der Waals surface area contributed by atoms with Gasteiger partial charge in [0, 0.05) is 24.4 Å². The van der Waals surface area contributed by atoms with Gasteiger partial charge in [-0.3, -0.25) is 9.59 Å². The van der Waals surface area contributed by atoms with Crippen molar-refractivity contribution in [3.63, 3.8) is 0 Å². The highest BCUT2D eigenvalue weighted by Gasteiger charge is 2.59. The highest BCUT2D eigenvalue weighted by molar-refractivity contribution is 5.90. The summed E-state index contributed by atoms with van der Waals surface area (Å²) >= 11 is 0. The fraction of sp³-hybridized carbons (Fsp3) is 0.778. The summed E-state index contributed by atoms with van der Waals surface area (Å²) in [5, 5.41) is 6.13. The third kappa shape index (κ3) is 0.785. The van der Waals surface area contributed by atoms with E-state index in [9.17, 15) is 9.59 Å². The molecule has 3 aliphatic heterocycles. The maximum Gasteiger partial charge on any atom is 0.237 e. The lowest BCUT2D eigenvalue weighted by atomic mass is 9.65. The number of fused-ring (bicyclic) bond motifs is 1. The Bertz CT molecular complexity index is 330. The Morgan fingerprint density at radius 2 is 2.29 bits per heavy atom. The van der Waals surface area contributed by atoms with E-state index in [1.54, 1.807) is 0 Å². The van der Waals surface area contributed by atoms with Crippen LogP contribution in [-0.4, -0.2) is 29.9 Å². The van der Waals surface area contributed by atoms with Crippen molar-refractivity contribution in [2.24, 2.45) is 17.6 Å². The number of piperidine rings is 2. The van der Waals surface area contributed by atoms with E-state index in [1.165, 1.54) is 0 Å². The lowest BCUT2D eigenvalue weighted by molar-refractivity contribution is -0.131. The predicted molar refractivity (Wildman–Crippen MR) is 48.1 cm³/mol. The average molecular weight is 195 g/mol. The van der Waals surface area contributed by atoms with Crippen molar-refractivity contribution in [1.82, 2.24) is 10.6 Å². The van der Waals surface area contributed by atoms with E-state index in [4.69, 9.17) is 5.73 Å². The Hall–Kier alpha value is -1.10. The standard InChI is InChI=1S/C9H13N3O2/c10-8(14)9-1-4-5(3-11-9)6(2-9)12-7(4)13/h4-6,11H,1-3H2,(H2,10,14)(H,12,13). The Kier molecular flexibility index (Phi) is 1.34. The van der Waals surface area contributed by atoms with Gasteiger partial charge in [-0.25, -0.2) is 0 Å². The molecule has 0 aromatic heterocycles. The number of hydrogen-bond donors (Lipinski definition) is 3. The summed E-state index contributed by atoms with van der Waals surface area (Å²) in [4.78, 5) is 22.9. The van der Waals surface area contributed by atoms with Crippen LogP contribution in [0.2, 0.25) is 0 Å². The zero-order valence-electron chi connectivity index (χ0n) is 7.75. The summed E-state index contributed by atoms with van der Waals surface area (Å²) in [6, 6.07) is 0.162. The van der Waals surface area contributed by atoms with Crippen LogP contribution < -0.4 is 16.4 Å². The summed E-state index contributed by atoms with van der Waals surface area (Å²) in [6.07, 6.45) is 1.24. The van der Waals surface area contributed by atoms with Crippen molar-refractivity contribution in [1.29, 1.82) is 0 Å². The Morgan fingerprint density at radius 1 is 1.50 bits per heavy atom. The molecule has 0 aromatic rings. The lowest BCUT2D eigenvalue weighted by Crippen LogP contribution is -2.68. The number of hydrogen-bond acceptors (Lipinski definition) is 3. The molecule has 3 heterocycles. The van der Waals surface area contributed by atoms with Gasteiger partial charge in [-0.1, -0.05) is 0 Å². The topological polar surface area (TPSA) is 84.2 Å². The number of nitrogens with one attached hydrogen (secondary N) is 2. The molecular weight excluding hydrogens is 182 g/mol. The molecule has 4 bridgehead atoms. The molecule has 2 amide bonds. The van der Waals surface area contributed by atoms with Crippen LogP contribution in [0.1, 0.15) is 12.8 Å². The Labute approximate surface area is 81.4 Å². The van der Waals surface area contributed by atoms with Gasteiger partial charge in [-0.2, -0.15) is 0 Å². The molecule has 4 atom stereocenters. The molecule has 0 radical (unpaired) electrons. The number of amides is 2. The van der Waals surface area contributed by atoms with Gasteiger partial charge in [0.25, 0.3) is 0 Å². The van der Waals surface area contributed by atoms with Crippen LogP contribution in [0.4, 0.5) is 0 Å². The second kappa shape index (κ2) is 2.28. The highest BCUT2D eigenvalue weighted by atomic mass is 16.2. The first kappa shape index (κ1) is 8.23. The largest absolute Gasteiger partial charge is 0.368 e. The Balaban J connectivity index is 2.00. The van der Waals surface area contributed by atoms with Crippen molar-refractivity contribution in [2.75, 3.05) is 6.54 Å². The molecule has 4 N–H and O–H groups in total. The first-order chi connectivity index (χ1) is 6.62. The van der Waals surface area contributed by atoms with Gasteiger partial charge >= 0.3 is 0 Å². The SMILES string of the molecule is NC(=O)C12CC3NC(=O)C(C1)C3CN2. The summed E-state index contributed by atoms with van der Waals surface area (Å²) in [7, 11) is 0. The monoisotopic (exact) mass is 195 g/mol. The molecule has 1 saturated carbocycles. The van der Waals surface area contributed by atoms with E-state index in [2.05, 4.69) is 10.6 Å². The van der Waals surface area contributed by atoms with Crippen LogP contribution >= 0.6 is 0 Å². The summed E-state index contributed by atoms with van der Waals surface area (Å²) in [5.74, 6) is 0.151. The van der Waals surface area contributed by atoms with Crippen LogP contribution in [0.25, 0.3) is 0 Å². The van der Waals surface area contributed by atoms with Crippen molar-refractivity contribution in [2.45, 2.75) is 24.4 Å². The lowest BCUT2D eigenvalue weighted by Gasteiger charge is -2.48. The molecule has 5 nitrogen and oxygen atoms in total. The van der Waals surface area contributed by atoms with Crippen LogP contribution in [0.15, 0.2) is 0 Å². The molecule has 0 aromatic carbocycles. The van der Waals surface area contributed by atoms with Gasteiger partial charge in [0.15, 0.2) is 0 Å². The molecule has 1 aliphatic carbocycles. The molecule has 14 heavy (non-hydrogen) atoms. The van der Waals surface area contributed by atoms with Crippen molar-refractivity contribution >= 4 is 11.8 Å². The van der Waals surface area contributed by atoms with E-state index in [0.29, 0.717) is 18.8 Å². The first-order valence-corrected chi connectivity index (χ1v) is 4.98. The Morgan fingerprint density at radius 3 is 2.93 bits per heavy atom. The summed E-state index contributed by atoms with van der Waals surface area (Å²) < 4.78 is 0. The van der Waals surface area contributed by atoms with Gasteiger partial charge in [-0.15, -0.1) is 0 Å². The normalized spacial score (nSPS) is 49.1. The van der Waals surface area contributed by atoms with Crippen molar-refractivity contribution in [3.8, 4) is 0 Å². The quantitative estimate of drug-likeness (QED) is 0.468. The van der Waals surface area contributed by atoms with Crippen LogP contribution in [0.5, 0.6) is 0 Å². The molecule has 76 valence electrons. The molecule has 4 fully saturated rings. The third-order valence-electron chi connectivity index (χ3n) is 3.98. The second-order valence-electron chi connectivity index (χ2n) is 4.62. The van der Waals surface area contributed by atoms with Gasteiger partial charge in [-0.05, 0) is 12.8 Å². The average Bonchev–Trinajstić information content (AvgIpc) is 2.39. The third-order valence-corrected chi connectivity index (χ3v) is 3.98. The fourth-order valence-electron chi connectivity index (χ4n) is 3.18. The first-order valence-electron chi connectivity index (χ1n) is 4.98. The van der Waals surface area contributed by atoms with E-state index in [0.717, 1.165) is 6.54 Å². The van der Waals surface area contributed by atoms with Gasteiger partial charge < -0.3 is 16.4 Å². The predicted octanol–water partition coefficient (Wildman–Crippen LogP) is -1.66. The number of carbonyl (C=O) groups is 2. The van der Waals surface area contributed by atoms with Crippen LogP contribution in [-0.2, 0) is 9.59 Å². The molecule has 3 saturated heterocycles. The number of primary amides is 1. The minimum absolute atomic E-state index is 0.00231. The van der Waals surface area contributed by atoms with E-state index in [-0.39, 0.29) is 23.8 Å². The van der Waals surface area contributed by atoms with Gasteiger partial charge in [0.1, 0.15) is 5.54 Å². The van der Waals surface area contributed by atoms with Crippen LogP contribution in [0, 0.1) is 11.8 Å². The maximum atomic E-state index is 11.5. The molecule has 4 unspecified atom stereocenters. The van der Waals surface area contributed by atoms with E-state index >= 15 is 0 Å². The smallest absolute Gasteiger partial charge is 0.237 e. The highest BCUT2D eigenvalue weighted by Crippen LogP contribution is 2.44. The molecule has 0 spiro atoms.